The fourth-order valence-corrected chi connectivity index (χ4v) is 3.32. The van der Waals surface area contributed by atoms with Crippen LogP contribution in [0.15, 0.2) is 42.5 Å². The van der Waals surface area contributed by atoms with Crippen molar-refractivity contribution in [2.45, 2.75) is 32.7 Å². The number of nitrogens with zero attached hydrogens (tertiary/aromatic N) is 1. The van der Waals surface area contributed by atoms with Gasteiger partial charge in [0.1, 0.15) is 0 Å². The quantitative estimate of drug-likeness (QED) is 0.913. The van der Waals surface area contributed by atoms with E-state index < -0.39 is 0 Å². The van der Waals surface area contributed by atoms with Gasteiger partial charge in [0.05, 0.1) is 0 Å². The Morgan fingerprint density at radius 1 is 1.19 bits per heavy atom. The Balaban J connectivity index is 1.93. The molecule has 3 rings (SSSR count). The maximum Gasteiger partial charge on any atom is 0.0446 e. The van der Waals surface area contributed by atoms with Crippen LogP contribution < -0.4 is 10.2 Å². The van der Waals surface area contributed by atoms with Gasteiger partial charge in [-0.15, -0.1) is 0 Å². The van der Waals surface area contributed by atoms with Crippen LogP contribution in [0, 0.1) is 5.92 Å². The fraction of sp³-hybridized carbons (Fsp3) is 0.474. The van der Waals surface area contributed by atoms with Crippen LogP contribution in [0.5, 0.6) is 0 Å². The molecule has 1 saturated heterocycles. The first kappa shape index (κ1) is 14.4. The third-order valence-electron chi connectivity index (χ3n) is 4.87. The molecule has 2 aromatic carbocycles. The van der Waals surface area contributed by atoms with Crippen molar-refractivity contribution in [2.24, 2.45) is 5.92 Å². The summed E-state index contributed by atoms with van der Waals surface area (Å²) < 4.78 is 0. The molecule has 0 amide bonds. The molecule has 0 saturated carbocycles. The smallest absolute Gasteiger partial charge is 0.0446 e. The maximum absolute atomic E-state index is 3.74. The largest absolute Gasteiger partial charge is 0.369 e. The van der Waals surface area contributed by atoms with E-state index in [9.17, 15) is 0 Å². The van der Waals surface area contributed by atoms with E-state index in [2.05, 4.69) is 66.5 Å². The molecule has 1 N–H and O–H groups in total. The Morgan fingerprint density at radius 3 is 2.86 bits per heavy atom. The van der Waals surface area contributed by atoms with Crippen molar-refractivity contribution in [3.05, 3.63) is 42.5 Å². The third-order valence-corrected chi connectivity index (χ3v) is 4.87. The summed E-state index contributed by atoms with van der Waals surface area (Å²) in [5.41, 5.74) is 1.39. The third kappa shape index (κ3) is 3.06. The van der Waals surface area contributed by atoms with Crippen LogP contribution in [0.2, 0.25) is 0 Å². The molecule has 0 spiro atoms. The molecule has 0 radical (unpaired) electrons. The summed E-state index contributed by atoms with van der Waals surface area (Å²) in [6, 6.07) is 16.0. The standard InChI is InChI=1S/C19H26N2/c1-3-15(2)18-14-21(13-7-12-20-18)19-11-6-9-16-8-4-5-10-17(16)19/h4-6,8-11,15,18,20H,3,7,12-14H2,1-2H3. The molecule has 0 aliphatic carbocycles. The van der Waals surface area contributed by atoms with Crippen LogP contribution in [0.3, 0.4) is 0 Å². The highest BCUT2D eigenvalue weighted by atomic mass is 15.2. The minimum absolute atomic E-state index is 0.594. The lowest BCUT2D eigenvalue weighted by atomic mass is 9.98. The molecule has 1 heterocycles. The van der Waals surface area contributed by atoms with Crippen LogP contribution >= 0.6 is 0 Å². The van der Waals surface area contributed by atoms with Gasteiger partial charge in [0, 0.05) is 30.2 Å². The number of nitrogens with one attached hydrogen (secondary N) is 1. The minimum Gasteiger partial charge on any atom is -0.369 e. The van der Waals surface area contributed by atoms with Gasteiger partial charge in [-0.2, -0.15) is 0 Å². The zero-order valence-corrected chi connectivity index (χ0v) is 13.2. The van der Waals surface area contributed by atoms with Crippen molar-refractivity contribution < 1.29 is 0 Å². The predicted molar refractivity (Wildman–Crippen MR) is 92.0 cm³/mol. The van der Waals surface area contributed by atoms with E-state index in [1.807, 2.05) is 0 Å². The Kier molecular flexibility index (Phi) is 4.45. The second-order valence-corrected chi connectivity index (χ2v) is 6.24. The summed E-state index contributed by atoms with van der Waals surface area (Å²) in [6.45, 7) is 8.05. The average Bonchev–Trinajstić information content (AvgIpc) is 2.79. The molecule has 2 nitrogen and oxygen atoms in total. The number of hydrogen-bond acceptors (Lipinski definition) is 2. The molecule has 21 heavy (non-hydrogen) atoms. The van der Waals surface area contributed by atoms with Crippen molar-refractivity contribution in [3.8, 4) is 0 Å². The first-order chi connectivity index (χ1) is 10.3. The topological polar surface area (TPSA) is 15.3 Å². The Bertz CT molecular complexity index is 588. The molecule has 2 aromatic rings. The highest BCUT2D eigenvalue weighted by Crippen LogP contribution is 2.28. The highest BCUT2D eigenvalue weighted by Gasteiger charge is 2.22. The lowest BCUT2D eigenvalue weighted by Gasteiger charge is -2.30. The van der Waals surface area contributed by atoms with Gasteiger partial charge in [-0.05, 0) is 30.3 Å². The lowest BCUT2D eigenvalue weighted by Crippen LogP contribution is -2.42. The molecule has 1 aliphatic heterocycles. The van der Waals surface area contributed by atoms with Gasteiger partial charge in [-0.3, -0.25) is 0 Å². The van der Waals surface area contributed by atoms with Gasteiger partial charge >= 0.3 is 0 Å². The Morgan fingerprint density at radius 2 is 2.00 bits per heavy atom. The number of anilines is 1. The zero-order valence-electron chi connectivity index (χ0n) is 13.2. The summed E-state index contributed by atoms with van der Waals surface area (Å²) in [7, 11) is 0. The molecular formula is C19H26N2. The van der Waals surface area contributed by atoms with Crippen LogP contribution in [-0.4, -0.2) is 25.7 Å². The molecule has 2 atom stereocenters. The van der Waals surface area contributed by atoms with Gasteiger partial charge in [0.15, 0.2) is 0 Å². The van der Waals surface area contributed by atoms with Crippen molar-refractivity contribution in [1.29, 1.82) is 0 Å². The van der Waals surface area contributed by atoms with Gasteiger partial charge in [0.25, 0.3) is 0 Å². The lowest BCUT2D eigenvalue weighted by molar-refractivity contribution is 0.384. The van der Waals surface area contributed by atoms with Gasteiger partial charge in [-0.1, -0.05) is 56.7 Å². The fourth-order valence-electron chi connectivity index (χ4n) is 3.32. The van der Waals surface area contributed by atoms with Crippen molar-refractivity contribution in [1.82, 2.24) is 5.32 Å². The molecule has 1 fully saturated rings. The SMILES string of the molecule is CCC(C)C1CN(c2cccc3ccccc23)CCCN1. The first-order valence-electron chi connectivity index (χ1n) is 8.25. The maximum atomic E-state index is 3.74. The van der Waals surface area contributed by atoms with E-state index in [0.29, 0.717) is 6.04 Å². The zero-order chi connectivity index (χ0) is 14.7. The molecule has 0 bridgehead atoms. The van der Waals surface area contributed by atoms with Crippen LogP contribution in [0.1, 0.15) is 26.7 Å². The minimum atomic E-state index is 0.594. The van der Waals surface area contributed by atoms with Crippen molar-refractivity contribution in [2.75, 3.05) is 24.5 Å². The number of hydrogen-bond donors (Lipinski definition) is 1. The number of rotatable bonds is 3. The predicted octanol–water partition coefficient (Wildman–Crippen LogP) is 4.05. The summed E-state index contributed by atoms with van der Waals surface area (Å²) >= 11 is 0. The monoisotopic (exact) mass is 282 g/mol. The Hall–Kier alpha value is -1.54. The summed E-state index contributed by atoms with van der Waals surface area (Å²) in [5.74, 6) is 0.723. The van der Waals surface area contributed by atoms with E-state index in [4.69, 9.17) is 0 Å². The van der Waals surface area contributed by atoms with Crippen molar-refractivity contribution >= 4 is 16.5 Å². The van der Waals surface area contributed by atoms with E-state index in [-0.39, 0.29) is 0 Å². The molecule has 2 heteroatoms. The van der Waals surface area contributed by atoms with E-state index in [1.54, 1.807) is 0 Å². The summed E-state index contributed by atoms with van der Waals surface area (Å²) in [6.07, 6.45) is 2.46. The van der Waals surface area contributed by atoms with Crippen LogP contribution in [-0.2, 0) is 0 Å². The molecule has 1 aliphatic rings. The summed E-state index contributed by atoms with van der Waals surface area (Å²) in [5, 5.41) is 6.46. The van der Waals surface area contributed by atoms with E-state index in [1.165, 1.54) is 29.3 Å². The average molecular weight is 282 g/mol. The molecular weight excluding hydrogens is 256 g/mol. The first-order valence-corrected chi connectivity index (χ1v) is 8.25. The highest BCUT2D eigenvalue weighted by molar-refractivity contribution is 5.94. The molecule has 0 aromatic heterocycles. The second kappa shape index (κ2) is 6.48. The van der Waals surface area contributed by atoms with Crippen molar-refractivity contribution in [3.63, 3.8) is 0 Å². The molecule has 2 unspecified atom stereocenters. The number of fused-ring (bicyclic) bond motifs is 1. The molecule has 112 valence electrons. The normalized spacial score (nSPS) is 21.2. The van der Waals surface area contributed by atoms with E-state index in [0.717, 1.165) is 25.6 Å². The Labute approximate surface area is 128 Å². The summed E-state index contributed by atoms with van der Waals surface area (Å²) in [4.78, 5) is 2.58. The van der Waals surface area contributed by atoms with Gasteiger partial charge in [-0.25, -0.2) is 0 Å². The second-order valence-electron chi connectivity index (χ2n) is 6.24. The van der Waals surface area contributed by atoms with Crippen LogP contribution in [0.4, 0.5) is 5.69 Å². The van der Waals surface area contributed by atoms with E-state index >= 15 is 0 Å². The van der Waals surface area contributed by atoms with Gasteiger partial charge < -0.3 is 10.2 Å². The number of benzene rings is 2. The van der Waals surface area contributed by atoms with Crippen LogP contribution in [0.25, 0.3) is 10.8 Å². The van der Waals surface area contributed by atoms with Gasteiger partial charge in [0.2, 0.25) is 0 Å².